The highest BCUT2D eigenvalue weighted by Crippen LogP contribution is 2.32. The molecule has 1 fully saturated rings. The molecular formula is C16H26N2. The maximum absolute atomic E-state index is 3.42. The van der Waals surface area contributed by atoms with Crippen molar-refractivity contribution in [3.8, 4) is 0 Å². The molecule has 0 saturated carbocycles. The van der Waals surface area contributed by atoms with Crippen molar-refractivity contribution in [3.63, 3.8) is 0 Å². The zero-order valence-corrected chi connectivity index (χ0v) is 12.2. The summed E-state index contributed by atoms with van der Waals surface area (Å²) in [6.45, 7) is 8.05. The van der Waals surface area contributed by atoms with E-state index in [1.807, 2.05) is 0 Å². The van der Waals surface area contributed by atoms with Gasteiger partial charge in [0.2, 0.25) is 0 Å². The minimum absolute atomic E-state index is 0.236. The molecule has 1 aliphatic rings. The molecule has 1 saturated heterocycles. The van der Waals surface area contributed by atoms with Crippen LogP contribution in [0.4, 0.5) is 5.69 Å². The Hall–Kier alpha value is -1.02. The van der Waals surface area contributed by atoms with Gasteiger partial charge < -0.3 is 10.2 Å². The summed E-state index contributed by atoms with van der Waals surface area (Å²) in [5, 5.41) is 3.42. The van der Waals surface area contributed by atoms with Crippen LogP contribution in [0.5, 0.6) is 0 Å². The molecule has 1 N–H and O–H groups in total. The number of aryl methyl sites for hydroxylation is 1. The second kappa shape index (κ2) is 5.31. The van der Waals surface area contributed by atoms with Crippen LogP contribution in [0.25, 0.3) is 0 Å². The number of nitrogens with zero attached hydrogens (tertiary/aromatic N) is 1. The van der Waals surface area contributed by atoms with Gasteiger partial charge in [-0.05, 0) is 57.9 Å². The molecule has 0 bridgehead atoms. The van der Waals surface area contributed by atoms with Gasteiger partial charge >= 0.3 is 0 Å². The van der Waals surface area contributed by atoms with Gasteiger partial charge in [-0.3, -0.25) is 0 Å². The largest absolute Gasteiger partial charge is 0.366 e. The molecule has 0 spiro atoms. The molecule has 0 radical (unpaired) electrons. The van der Waals surface area contributed by atoms with Crippen molar-refractivity contribution in [2.75, 3.05) is 18.5 Å². The second-order valence-corrected chi connectivity index (χ2v) is 5.96. The molecule has 1 aliphatic heterocycles. The lowest BCUT2D eigenvalue weighted by Gasteiger charge is -2.47. The maximum atomic E-state index is 3.42. The van der Waals surface area contributed by atoms with Gasteiger partial charge in [0, 0.05) is 23.8 Å². The quantitative estimate of drug-likeness (QED) is 0.881. The topological polar surface area (TPSA) is 15.3 Å². The van der Waals surface area contributed by atoms with Crippen molar-refractivity contribution in [3.05, 3.63) is 29.8 Å². The Balaban J connectivity index is 2.16. The molecule has 0 amide bonds. The molecule has 1 aromatic rings. The van der Waals surface area contributed by atoms with E-state index in [1.54, 1.807) is 0 Å². The second-order valence-electron chi connectivity index (χ2n) is 5.96. The molecular weight excluding hydrogens is 220 g/mol. The summed E-state index contributed by atoms with van der Waals surface area (Å²) < 4.78 is 0. The zero-order chi connectivity index (χ0) is 13.2. The Kier molecular flexibility index (Phi) is 3.96. The Bertz CT molecular complexity index is 381. The highest BCUT2D eigenvalue weighted by molar-refractivity contribution is 5.50. The van der Waals surface area contributed by atoms with Gasteiger partial charge in [-0.25, -0.2) is 0 Å². The first kappa shape index (κ1) is 13.4. The number of piperidine rings is 1. The molecule has 2 nitrogen and oxygen atoms in total. The first-order valence-corrected chi connectivity index (χ1v) is 7.10. The van der Waals surface area contributed by atoms with Crippen LogP contribution in [-0.4, -0.2) is 25.2 Å². The third kappa shape index (κ3) is 2.69. The fourth-order valence-corrected chi connectivity index (χ4v) is 3.04. The van der Waals surface area contributed by atoms with E-state index in [0.29, 0.717) is 6.04 Å². The van der Waals surface area contributed by atoms with Gasteiger partial charge in [0.15, 0.2) is 0 Å². The van der Waals surface area contributed by atoms with Gasteiger partial charge in [-0.2, -0.15) is 0 Å². The van der Waals surface area contributed by atoms with Crippen molar-refractivity contribution < 1.29 is 0 Å². The lowest BCUT2D eigenvalue weighted by atomic mass is 9.86. The molecule has 1 aromatic carbocycles. The molecule has 100 valence electrons. The third-order valence-corrected chi connectivity index (χ3v) is 4.24. The number of anilines is 1. The SMILES string of the molecule is CCc1ccc(N2CCC(NC)CC2(C)C)cc1. The Morgan fingerprint density at radius 3 is 2.44 bits per heavy atom. The van der Waals surface area contributed by atoms with E-state index in [9.17, 15) is 0 Å². The molecule has 18 heavy (non-hydrogen) atoms. The summed E-state index contributed by atoms with van der Waals surface area (Å²) >= 11 is 0. The van der Waals surface area contributed by atoms with Crippen molar-refractivity contribution >= 4 is 5.69 Å². The van der Waals surface area contributed by atoms with Crippen LogP contribution in [0.1, 0.15) is 39.2 Å². The summed E-state index contributed by atoms with van der Waals surface area (Å²) in [6.07, 6.45) is 3.56. The first-order valence-electron chi connectivity index (χ1n) is 7.10. The van der Waals surface area contributed by atoms with Gasteiger partial charge in [0.1, 0.15) is 0 Å². The highest BCUT2D eigenvalue weighted by atomic mass is 15.2. The normalized spacial score (nSPS) is 23.1. The minimum Gasteiger partial charge on any atom is -0.366 e. The first-order chi connectivity index (χ1) is 8.56. The highest BCUT2D eigenvalue weighted by Gasteiger charge is 2.34. The van der Waals surface area contributed by atoms with Crippen LogP contribution in [0.2, 0.25) is 0 Å². The monoisotopic (exact) mass is 246 g/mol. The lowest BCUT2D eigenvalue weighted by Crippen LogP contribution is -2.54. The number of rotatable bonds is 3. The van der Waals surface area contributed by atoms with E-state index in [2.05, 4.69) is 62.3 Å². The zero-order valence-electron chi connectivity index (χ0n) is 12.2. The molecule has 0 aliphatic carbocycles. The van der Waals surface area contributed by atoms with Gasteiger partial charge in [-0.1, -0.05) is 19.1 Å². The van der Waals surface area contributed by atoms with Crippen LogP contribution >= 0.6 is 0 Å². The number of hydrogen-bond acceptors (Lipinski definition) is 2. The smallest absolute Gasteiger partial charge is 0.0370 e. The molecule has 0 aromatic heterocycles. The van der Waals surface area contributed by atoms with E-state index >= 15 is 0 Å². The summed E-state index contributed by atoms with van der Waals surface area (Å²) in [4.78, 5) is 2.56. The summed E-state index contributed by atoms with van der Waals surface area (Å²) in [7, 11) is 2.08. The summed E-state index contributed by atoms with van der Waals surface area (Å²) in [6, 6.07) is 9.73. The number of nitrogens with one attached hydrogen (secondary N) is 1. The van der Waals surface area contributed by atoms with Crippen molar-refractivity contribution in [1.29, 1.82) is 0 Å². The molecule has 2 rings (SSSR count). The summed E-state index contributed by atoms with van der Waals surface area (Å²) in [5.74, 6) is 0. The van der Waals surface area contributed by atoms with E-state index in [-0.39, 0.29) is 5.54 Å². The predicted molar refractivity (Wildman–Crippen MR) is 79.3 cm³/mol. The average molecular weight is 246 g/mol. The molecule has 1 heterocycles. The van der Waals surface area contributed by atoms with Gasteiger partial charge in [0.05, 0.1) is 0 Å². The van der Waals surface area contributed by atoms with Crippen molar-refractivity contribution in [2.45, 2.75) is 51.6 Å². The number of hydrogen-bond donors (Lipinski definition) is 1. The molecule has 1 atom stereocenters. The van der Waals surface area contributed by atoms with E-state index in [0.717, 1.165) is 13.0 Å². The lowest BCUT2D eigenvalue weighted by molar-refractivity contribution is 0.302. The average Bonchev–Trinajstić information content (AvgIpc) is 2.38. The van der Waals surface area contributed by atoms with Crippen LogP contribution in [0.15, 0.2) is 24.3 Å². The fraction of sp³-hybridized carbons (Fsp3) is 0.625. The minimum atomic E-state index is 0.236. The Morgan fingerprint density at radius 1 is 1.28 bits per heavy atom. The van der Waals surface area contributed by atoms with E-state index < -0.39 is 0 Å². The van der Waals surface area contributed by atoms with Gasteiger partial charge in [-0.15, -0.1) is 0 Å². The molecule has 2 heteroatoms. The molecule has 1 unspecified atom stereocenters. The summed E-state index contributed by atoms with van der Waals surface area (Å²) in [5.41, 5.74) is 3.02. The number of benzene rings is 1. The fourth-order valence-electron chi connectivity index (χ4n) is 3.04. The Morgan fingerprint density at radius 2 is 1.94 bits per heavy atom. The van der Waals surface area contributed by atoms with E-state index in [1.165, 1.54) is 24.1 Å². The van der Waals surface area contributed by atoms with Crippen LogP contribution in [0.3, 0.4) is 0 Å². The van der Waals surface area contributed by atoms with Crippen LogP contribution < -0.4 is 10.2 Å². The van der Waals surface area contributed by atoms with Crippen molar-refractivity contribution in [2.24, 2.45) is 0 Å². The third-order valence-electron chi connectivity index (χ3n) is 4.24. The van der Waals surface area contributed by atoms with Crippen molar-refractivity contribution in [1.82, 2.24) is 5.32 Å². The van der Waals surface area contributed by atoms with Crippen LogP contribution in [0, 0.1) is 0 Å². The van der Waals surface area contributed by atoms with Crippen LogP contribution in [-0.2, 0) is 6.42 Å². The van der Waals surface area contributed by atoms with E-state index in [4.69, 9.17) is 0 Å². The standard InChI is InChI=1S/C16H26N2/c1-5-13-6-8-15(9-7-13)18-11-10-14(17-4)12-16(18,2)3/h6-9,14,17H,5,10-12H2,1-4H3. The maximum Gasteiger partial charge on any atom is 0.0370 e. The Labute approximate surface area is 111 Å². The van der Waals surface area contributed by atoms with Gasteiger partial charge in [0.25, 0.3) is 0 Å². The predicted octanol–water partition coefficient (Wildman–Crippen LogP) is 3.22.